The van der Waals surface area contributed by atoms with Crippen LogP contribution >= 0.6 is 0 Å². The van der Waals surface area contributed by atoms with Crippen LogP contribution in [0.5, 0.6) is 0 Å². The number of nitrogens with one attached hydrogen (secondary N) is 1. The molecule has 0 aromatic heterocycles. The van der Waals surface area contributed by atoms with E-state index in [4.69, 9.17) is 0 Å². The zero-order valence-corrected chi connectivity index (χ0v) is 22.1. The van der Waals surface area contributed by atoms with Crippen LogP contribution in [0, 0.1) is 32.6 Å². The largest absolute Gasteiger partial charge is 0.325 e. The van der Waals surface area contributed by atoms with Crippen molar-refractivity contribution in [3.8, 4) is 0 Å². The minimum Gasteiger partial charge on any atom is -0.325 e. The first-order chi connectivity index (χ1) is 18.8. The number of carbonyl (C=O) groups excluding carboxylic acids is 3. The molecule has 4 aromatic carbocycles. The molecule has 2 bridgehead atoms. The number of benzene rings is 4. The van der Waals surface area contributed by atoms with Crippen LogP contribution in [0.3, 0.4) is 0 Å². The second kappa shape index (κ2) is 8.24. The summed E-state index contributed by atoms with van der Waals surface area (Å²) in [6.45, 7) is 5.92. The molecular weight excluding hydrogens is 484 g/mol. The van der Waals surface area contributed by atoms with Gasteiger partial charge in [0.2, 0.25) is 17.7 Å². The third-order valence-electron chi connectivity index (χ3n) is 8.72. The van der Waals surface area contributed by atoms with Crippen LogP contribution in [0.1, 0.15) is 44.9 Å². The van der Waals surface area contributed by atoms with Crippen LogP contribution in [0.4, 0.5) is 11.4 Å². The first-order valence-corrected chi connectivity index (χ1v) is 13.4. The van der Waals surface area contributed by atoms with Crippen LogP contribution in [-0.4, -0.2) is 17.7 Å². The lowest BCUT2D eigenvalue weighted by atomic mass is 9.47. The van der Waals surface area contributed by atoms with E-state index in [-0.39, 0.29) is 23.6 Å². The third kappa shape index (κ3) is 3.10. The molecule has 5 nitrogen and oxygen atoms in total. The normalized spacial score (nSPS) is 24.3. The predicted octanol–water partition coefficient (Wildman–Crippen LogP) is 5.80. The van der Waals surface area contributed by atoms with Gasteiger partial charge in [0.15, 0.2) is 0 Å². The minimum atomic E-state index is -1.35. The van der Waals surface area contributed by atoms with Gasteiger partial charge in [0.1, 0.15) is 5.41 Å². The maximum absolute atomic E-state index is 14.8. The summed E-state index contributed by atoms with van der Waals surface area (Å²) >= 11 is 0. The van der Waals surface area contributed by atoms with E-state index < -0.39 is 17.3 Å². The molecule has 3 amide bonds. The number of imide groups is 1. The predicted molar refractivity (Wildman–Crippen MR) is 151 cm³/mol. The zero-order valence-electron chi connectivity index (χ0n) is 22.1. The lowest BCUT2D eigenvalue weighted by Gasteiger charge is -2.52. The molecule has 1 N–H and O–H groups in total. The quantitative estimate of drug-likeness (QED) is 0.353. The summed E-state index contributed by atoms with van der Waals surface area (Å²) in [5.41, 5.74) is 6.41. The lowest BCUT2D eigenvalue weighted by Crippen LogP contribution is -2.59. The van der Waals surface area contributed by atoms with Crippen molar-refractivity contribution in [1.82, 2.24) is 0 Å². The van der Waals surface area contributed by atoms with Crippen molar-refractivity contribution < 1.29 is 14.4 Å². The number of hydrogen-bond acceptors (Lipinski definition) is 3. The Bertz CT molecular complexity index is 1650. The summed E-state index contributed by atoms with van der Waals surface area (Å²) in [6, 6.07) is 29.1. The number of carbonyl (C=O) groups is 3. The fourth-order valence-corrected chi connectivity index (χ4v) is 7.46. The fraction of sp³-hybridized carbons (Fsp3) is 0.206. The molecule has 1 saturated heterocycles. The van der Waals surface area contributed by atoms with Gasteiger partial charge in [-0.2, -0.15) is 0 Å². The van der Waals surface area contributed by atoms with Crippen molar-refractivity contribution in [3.05, 3.63) is 130 Å². The van der Waals surface area contributed by atoms with Gasteiger partial charge in [0, 0.05) is 11.6 Å². The summed E-state index contributed by atoms with van der Waals surface area (Å²) in [7, 11) is 0. The maximum Gasteiger partial charge on any atom is 0.240 e. The molecule has 1 heterocycles. The van der Waals surface area contributed by atoms with Crippen LogP contribution in [0.2, 0.25) is 0 Å². The molecule has 0 unspecified atom stereocenters. The molecule has 5 heteroatoms. The van der Waals surface area contributed by atoms with Crippen molar-refractivity contribution in [2.45, 2.75) is 32.1 Å². The van der Waals surface area contributed by atoms with Crippen molar-refractivity contribution in [2.75, 3.05) is 10.2 Å². The molecule has 3 aliphatic carbocycles. The Hall–Kier alpha value is -4.51. The van der Waals surface area contributed by atoms with Gasteiger partial charge < -0.3 is 5.32 Å². The Morgan fingerprint density at radius 3 is 1.95 bits per heavy atom. The summed E-state index contributed by atoms with van der Waals surface area (Å²) < 4.78 is 0. The highest BCUT2D eigenvalue weighted by Gasteiger charge is 2.71. The van der Waals surface area contributed by atoms with Crippen molar-refractivity contribution in [2.24, 2.45) is 11.8 Å². The van der Waals surface area contributed by atoms with Gasteiger partial charge in [-0.05, 0) is 84.0 Å². The highest BCUT2D eigenvalue weighted by Crippen LogP contribution is 2.64. The van der Waals surface area contributed by atoms with Crippen molar-refractivity contribution >= 4 is 29.1 Å². The molecular formula is C34H28N2O3. The standard InChI is InChI=1S/C34H28N2O3/c1-19-9-8-10-23(18-19)36-31(37)29-28-24-11-4-6-13-26(24)34(30(29)32(36)38,27-14-7-5-12-25(27)28)33(39)35-22-16-20(2)15-21(3)17-22/h4-18,28-30H,1-3H3,(H,35,39)/t28?,29-,30-,34?/m1/s1. The molecule has 2 atom stereocenters. The van der Waals surface area contributed by atoms with E-state index in [0.29, 0.717) is 11.4 Å². The van der Waals surface area contributed by atoms with Crippen LogP contribution in [0.15, 0.2) is 91.0 Å². The van der Waals surface area contributed by atoms with E-state index in [9.17, 15) is 14.4 Å². The highest BCUT2D eigenvalue weighted by atomic mass is 16.2. The van der Waals surface area contributed by atoms with E-state index in [1.54, 1.807) is 6.07 Å². The number of aryl methyl sites for hydroxylation is 3. The lowest BCUT2D eigenvalue weighted by molar-refractivity contribution is -0.132. The second-order valence-corrected chi connectivity index (χ2v) is 11.1. The van der Waals surface area contributed by atoms with Crippen molar-refractivity contribution in [3.63, 3.8) is 0 Å². The number of anilines is 2. The van der Waals surface area contributed by atoms with Crippen LogP contribution in [-0.2, 0) is 19.8 Å². The summed E-state index contributed by atoms with van der Waals surface area (Å²) in [5.74, 6) is -2.68. The van der Waals surface area contributed by atoms with E-state index in [1.807, 2.05) is 99.6 Å². The zero-order chi connectivity index (χ0) is 27.1. The van der Waals surface area contributed by atoms with Gasteiger partial charge >= 0.3 is 0 Å². The van der Waals surface area contributed by atoms with Gasteiger partial charge in [-0.3, -0.25) is 14.4 Å². The molecule has 0 spiro atoms. The molecule has 8 rings (SSSR count). The van der Waals surface area contributed by atoms with Gasteiger partial charge in [0.05, 0.1) is 17.5 Å². The topological polar surface area (TPSA) is 66.5 Å². The fourth-order valence-electron chi connectivity index (χ4n) is 7.46. The van der Waals surface area contributed by atoms with E-state index >= 15 is 0 Å². The molecule has 1 aliphatic heterocycles. The van der Waals surface area contributed by atoms with Crippen LogP contribution in [0.25, 0.3) is 0 Å². The summed E-state index contributed by atoms with van der Waals surface area (Å²) in [5, 5.41) is 3.18. The number of nitrogens with zero attached hydrogens (tertiary/aromatic N) is 1. The van der Waals surface area contributed by atoms with Gasteiger partial charge in [0.25, 0.3) is 0 Å². The third-order valence-corrected chi connectivity index (χ3v) is 8.72. The molecule has 4 aromatic rings. The molecule has 0 radical (unpaired) electrons. The molecule has 4 aliphatic rings. The first kappa shape index (κ1) is 23.6. The van der Waals surface area contributed by atoms with Crippen LogP contribution < -0.4 is 10.2 Å². The smallest absolute Gasteiger partial charge is 0.240 e. The van der Waals surface area contributed by atoms with Crippen molar-refractivity contribution in [1.29, 1.82) is 0 Å². The Kier molecular flexibility index (Phi) is 4.99. The first-order valence-electron chi connectivity index (χ1n) is 13.4. The average Bonchev–Trinajstić information content (AvgIpc) is 3.18. The number of hydrogen-bond donors (Lipinski definition) is 1. The number of rotatable bonds is 3. The van der Waals surface area contributed by atoms with Gasteiger partial charge in [-0.25, -0.2) is 4.90 Å². The Morgan fingerprint density at radius 1 is 0.718 bits per heavy atom. The van der Waals surface area contributed by atoms with E-state index in [2.05, 4.69) is 11.4 Å². The molecule has 192 valence electrons. The maximum atomic E-state index is 14.8. The summed E-state index contributed by atoms with van der Waals surface area (Å²) in [6.07, 6.45) is 0. The molecule has 39 heavy (non-hydrogen) atoms. The highest BCUT2D eigenvalue weighted by molar-refractivity contribution is 6.26. The van der Waals surface area contributed by atoms with Gasteiger partial charge in [-0.1, -0.05) is 66.7 Å². The summed E-state index contributed by atoms with van der Waals surface area (Å²) in [4.78, 5) is 44.8. The van der Waals surface area contributed by atoms with E-state index in [1.165, 1.54) is 4.90 Å². The van der Waals surface area contributed by atoms with E-state index in [0.717, 1.165) is 38.9 Å². The second-order valence-electron chi connectivity index (χ2n) is 11.1. The van der Waals surface area contributed by atoms with Gasteiger partial charge in [-0.15, -0.1) is 0 Å². The monoisotopic (exact) mass is 512 g/mol. The SMILES string of the molecule is Cc1cc(C)cc(NC(=O)C23c4ccccc4C(c4ccccc42)[C@H]2C(=O)N(c4cccc(C)c4)C(=O)[C@@H]23)c1. The number of amides is 3. The Labute approximate surface area is 227 Å². The molecule has 0 saturated carbocycles. The molecule has 1 fully saturated rings. The Morgan fingerprint density at radius 2 is 1.33 bits per heavy atom. The Balaban J connectivity index is 1.49. The minimum absolute atomic E-state index is 0.242. The average molecular weight is 513 g/mol.